The first-order chi connectivity index (χ1) is 11.3. The van der Waals surface area contributed by atoms with Crippen molar-refractivity contribution in [2.45, 2.75) is 31.5 Å². The largest absolute Gasteiger partial charge is 0.490 e. The van der Waals surface area contributed by atoms with Crippen LogP contribution in [0.4, 0.5) is 0 Å². The van der Waals surface area contributed by atoms with Crippen molar-refractivity contribution in [2.24, 2.45) is 0 Å². The molecule has 2 aromatic rings. The first kappa shape index (κ1) is 14.5. The number of hydrogen-bond donors (Lipinski definition) is 2. The van der Waals surface area contributed by atoms with Crippen molar-refractivity contribution in [1.29, 1.82) is 0 Å². The molecule has 0 bridgehead atoms. The van der Waals surface area contributed by atoms with E-state index in [1.165, 1.54) is 11.1 Å². The lowest BCUT2D eigenvalue weighted by atomic mass is 10.1. The molecule has 2 aromatic carbocycles. The molecule has 0 aromatic heterocycles. The van der Waals surface area contributed by atoms with Crippen molar-refractivity contribution >= 4 is 0 Å². The predicted molar refractivity (Wildman–Crippen MR) is 87.8 cm³/mol. The van der Waals surface area contributed by atoms with E-state index in [4.69, 9.17) is 9.47 Å². The van der Waals surface area contributed by atoms with Crippen LogP contribution < -0.4 is 14.8 Å². The second kappa shape index (κ2) is 6.22. The molecule has 0 radical (unpaired) electrons. The Morgan fingerprint density at radius 3 is 2.87 bits per heavy atom. The van der Waals surface area contributed by atoms with Crippen molar-refractivity contribution in [2.75, 3.05) is 13.2 Å². The maximum atomic E-state index is 10.4. The standard InChI is InChI=1S/C19H21NO3/c21-16-11-13-5-1-2-7-15(13)18(16)20-12-14-6-3-8-17-19(14)23-10-4-9-22-17/h1-3,5-8,16,18,20-21H,4,9-12H2. The Morgan fingerprint density at radius 2 is 1.91 bits per heavy atom. The van der Waals surface area contributed by atoms with Gasteiger partial charge in [-0.2, -0.15) is 0 Å². The Balaban J connectivity index is 1.54. The zero-order chi connectivity index (χ0) is 15.6. The molecule has 4 nitrogen and oxygen atoms in total. The summed E-state index contributed by atoms with van der Waals surface area (Å²) in [6.07, 6.45) is 1.23. The monoisotopic (exact) mass is 311 g/mol. The number of aliphatic hydroxyl groups excluding tert-OH is 1. The zero-order valence-corrected chi connectivity index (χ0v) is 13.0. The molecule has 1 aliphatic carbocycles. The highest BCUT2D eigenvalue weighted by molar-refractivity contribution is 5.47. The predicted octanol–water partition coefficient (Wildman–Crippen LogP) is 2.60. The van der Waals surface area contributed by atoms with E-state index in [2.05, 4.69) is 17.4 Å². The van der Waals surface area contributed by atoms with Gasteiger partial charge in [-0.05, 0) is 17.2 Å². The van der Waals surface area contributed by atoms with Gasteiger partial charge in [-0.15, -0.1) is 0 Å². The lowest BCUT2D eigenvalue weighted by Crippen LogP contribution is -2.28. The summed E-state index contributed by atoms with van der Waals surface area (Å²) in [7, 11) is 0. The fraction of sp³-hybridized carbons (Fsp3) is 0.368. The Kier molecular flexibility index (Phi) is 3.93. The summed E-state index contributed by atoms with van der Waals surface area (Å²) in [5, 5.41) is 13.8. The summed E-state index contributed by atoms with van der Waals surface area (Å²) < 4.78 is 11.6. The van der Waals surface area contributed by atoms with Crippen LogP contribution in [-0.2, 0) is 13.0 Å². The Hall–Kier alpha value is -2.04. The lowest BCUT2D eigenvalue weighted by Gasteiger charge is -2.19. The molecule has 4 rings (SSSR count). The molecule has 2 atom stereocenters. The van der Waals surface area contributed by atoms with Gasteiger partial charge in [-0.3, -0.25) is 0 Å². The molecule has 2 N–H and O–H groups in total. The fourth-order valence-corrected chi connectivity index (χ4v) is 3.43. The van der Waals surface area contributed by atoms with E-state index in [9.17, 15) is 5.11 Å². The smallest absolute Gasteiger partial charge is 0.165 e. The van der Waals surface area contributed by atoms with E-state index < -0.39 is 0 Å². The lowest BCUT2D eigenvalue weighted by molar-refractivity contribution is 0.140. The van der Waals surface area contributed by atoms with Gasteiger partial charge in [0.05, 0.1) is 25.4 Å². The minimum atomic E-state index is -0.383. The average Bonchev–Trinajstić information content (AvgIpc) is 2.74. The Bertz CT molecular complexity index is 701. The van der Waals surface area contributed by atoms with Gasteiger partial charge in [0.1, 0.15) is 0 Å². The SMILES string of the molecule is OC1Cc2ccccc2C1NCc1cccc2c1OCCCO2. The first-order valence-electron chi connectivity index (χ1n) is 8.19. The molecule has 4 heteroatoms. The number of ether oxygens (including phenoxy) is 2. The third-order valence-corrected chi connectivity index (χ3v) is 4.57. The van der Waals surface area contributed by atoms with Crippen LogP contribution in [0.25, 0.3) is 0 Å². The summed E-state index contributed by atoms with van der Waals surface area (Å²) in [5.74, 6) is 1.65. The number of para-hydroxylation sites is 1. The third-order valence-electron chi connectivity index (χ3n) is 4.57. The van der Waals surface area contributed by atoms with Crippen LogP contribution in [0.1, 0.15) is 29.2 Å². The van der Waals surface area contributed by atoms with Crippen LogP contribution >= 0.6 is 0 Å². The van der Waals surface area contributed by atoms with Gasteiger partial charge in [0.2, 0.25) is 0 Å². The van der Waals surface area contributed by atoms with E-state index in [0.29, 0.717) is 26.2 Å². The molecule has 0 fully saturated rings. The van der Waals surface area contributed by atoms with Gasteiger partial charge in [0.15, 0.2) is 11.5 Å². The quantitative estimate of drug-likeness (QED) is 0.915. The van der Waals surface area contributed by atoms with Crippen molar-refractivity contribution in [3.63, 3.8) is 0 Å². The summed E-state index contributed by atoms with van der Waals surface area (Å²) in [6.45, 7) is 2.01. The third kappa shape index (κ3) is 2.80. The molecule has 120 valence electrons. The first-order valence-corrected chi connectivity index (χ1v) is 8.19. The van der Waals surface area contributed by atoms with Gasteiger partial charge in [-0.1, -0.05) is 36.4 Å². The number of benzene rings is 2. The van der Waals surface area contributed by atoms with Crippen LogP contribution in [0.15, 0.2) is 42.5 Å². The maximum absolute atomic E-state index is 10.4. The molecule has 0 spiro atoms. The molecular weight excluding hydrogens is 290 g/mol. The van der Waals surface area contributed by atoms with Crippen LogP contribution in [0.5, 0.6) is 11.5 Å². The number of aliphatic hydroxyl groups is 1. The van der Waals surface area contributed by atoms with Crippen LogP contribution in [0.3, 0.4) is 0 Å². The second-order valence-corrected chi connectivity index (χ2v) is 6.12. The minimum Gasteiger partial charge on any atom is -0.490 e. The summed E-state index contributed by atoms with van der Waals surface area (Å²) in [5.41, 5.74) is 3.49. The van der Waals surface area contributed by atoms with E-state index in [-0.39, 0.29) is 12.1 Å². The molecular formula is C19H21NO3. The molecule has 1 heterocycles. The van der Waals surface area contributed by atoms with E-state index in [1.54, 1.807) is 0 Å². The maximum Gasteiger partial charge on any atom is 0.165 e. The van der Waals surface area contributed by atoms with Crippen LogP contribution in [-0.4, -0.2) is 24.4 Å². The zero-order valence-electron chi connectivity index (χ0n) is 13.0. The van der Waals surface area contributed by atoms with Gasteiger partial charge in [0, 0.05) is 24.9 Å². The number of nitrogens with one attached hydrogen (secondary N) is 1. The molecule has 23 heavy (non-hydrogen) atoms. The highest BCUT2D eigenvalue weighted by Gasteiger charge is 2.30. The second-order valence-electron chi connectivity index (χ2n) is 6.12. The Morgan fingerprint density at radius 1 is 1.04 bits per heavy atom. The highest BCUT2D eigenvalue weighted by atomic mass is 16.5. The fourth-order valence-electron chi connectivity index (χ4n) is 3.43. The van der Waals surface area contributed by atoms with Crippen LogP contribution in [0.2, 0.25) is 0 Å². The topological polar surface area (TPSA) is 50.7 Å². The number of rotatable bonds is 3. The summed E-state index contributed by atoms with van der Waals surface area (Å²) >= 11 is 0. The summed E-state index contributed by atoms with van der Waals surface area (Å²) in [6, 6.07) is 14.2. The van der Waals surface area contributed by atoms with Gasteiger partial charge in [0.25, 0.3) is 0 Å². The van der Waals surface area contributed by atoms with E-state index >= 15 is 0 Å². The minimum absolute atomic E-state index is 0.0336. The molecule has 0 amide bonds. The van der Waals surface area contributed by atoms with Gasteiger partial charge >= 0.3 is 0 Å². The molecule has 0 saturated carbocycles. The van der Waals surface area contributed by atoms with Gasteiger partial charge in [-0.25, -0.2) is 0 Å². The van der Waals surface area contributed by atoms with Crippen LogP contribution in [0, 0.1) is 0 Å². The molecule has 2 unspecified atom stereocenters. The molecule has 1 aliphatic heterocycles. The summed E-state index contributed by atoms with van der Waals surface area (Å²) in [4.78, 5) is 0. The van der Waals surface area contributed by atoms with Crippen molar-refractivity contribution in [1.82, 2.24) is 5.32 Å². The highest BCUT2D eigenvalue weighted by Crippen LogP contribution is 2.35. The average molecular weight is 311 g/mol. The molecule has 0 saturated heterocycles. The molecule has 2 aliphatic rings. The van der Waals surface area contributed by atoms with Crippen molar-refractivity contribution in [3.05, 3.63) is 59.2 Å². The van der Waals surface area contributed by atoms with Crippen molar-refractivity contribution in [3.8, 4) is 11.5 Å². The van der Waals surface area contributed by atoms with Gasteiger partial charge < -0.3 is 19.9 Å². The number of fused-ring (bicyclic) bond motifs is 2. The van der Waals surface area contributed by atoms with Crippen molar-refractivity contribution < 1.29 is 14.6 Å². The van der Waals surface area contributed by atoms with E-state index in [1.807, 2.05) is 30.3 Å². The number of hydrogen-bond acceptors (Lipinski definition) is 4. The normalized spacial score (nSPS) is 22.5. The Labute approximate surface area is 136 Å². The van der Waals surface area contributed by atoms with E-state index in [0.717, 1.165) is 23.5 Å².